The third kappa shape index (κ3) is 5.36. The molecule has 2 unspecified atom stereocenters. The van der Waals surface area contributed by atoms with Gasteiger partial charge in [0, 0.05) is 39.3 Å². The van der Waals surface area contributed by atoms with Gasteiger partial charge in [-0.15, -0.1) is 0 Å². The van der Waals surface area contributed by atoms with Gasteiger partial charge < -0.3 is 15.1 Å². The lowest BCUT2D eigenvalue weighted by Crippen LogP contribution is -2.53. The number of likely N-dealkylation sites (tertiary alicyclic amines) is 1. The number of benzene rings is 1. The van der Waals surface area contributed by atoms with E-state index in [1.807, 2.05) is 17.0 Å². The molecule has 1 aromatic rings. The number of para-hydroxylation sites is 1. The van der Waals surface area contributed by atoms with E-state index in [1.165, 1.54) is 6.42 Å². The number of halogens is 1. The topological polar surface area (TPSA) is 55.9 Å². The number of piperidine rings is 1. The zero-order valence-corrected chi connectivity index (χ0v) is 16.9. The van der Waals surface area contributed by atoms with E-state index in [9.17, 15) is 9.59 Å². The van der Waals surface area contributed by atoms with E-state index >= 15 is 0 Å². The first-order chi connectivity index (χ1) is 12.9. The molecule has 1 aromatic carbocycles. The predicted octanol–water partition coefficient (Wildman–Crippen LogP) is 2.99. The standard InChI is InChI=1S/C20H29ClN4O2/c1-15-11-16(2)13-25(12-15)19(26)14-23-7-9-24(10-8-23)20(27)22-18-6-4-3-5-17(18)21/h3-6,15-16H,7-14H2,1-2H3,(H,22,27). The maximum atomic E-state index is 12.6. The fourth-order valence-corrected chi connectivity index (χ4v) is 4.21. The fraction of sp³-hybridized carbons (Fsp3) is 0.600. The summed E-state index contributed by atoms with van der Waals surface area (Å²) in [4.78, 5) is 31.0. The molecule has 6 nitrogen and oxygen atoms in total. The van der Waals surface area contributed by atoms with Crippen LogP contribution < -0.4 is 5.32 Å². The molecule has 3 rings (SSSR count). The Morgan fingerprint density at radius 3 is 2.30 bits per heavy atom. The molecule has 2 fully saturated rings. The molecule has 2 aliphatic heterocycles. The summed E-state index contributed by atoms with van der Waals surface area (Å²) in [6.45, 7) is 9.23. The van der Waals surface area contributed by atoms with Gasteiger partial charge in [0.15, 0.2) is 0 Å². The van der Waals surface area contributed by atoms with Gasteiger partial charge in [-0.25, -0.2) is 4.79 Å². The minimum Gasteiger partial charge on any atom is -0.341 e. The smallest absolute Gasteiger partial charge is 0.321 e. The molecular weight excluding hydrogens is 364 g/mol. The van der Waals surface area contributed by atoms with Crippen molar-refractivity contribution in [2.24, 2.45) is 11.8 Å². The summed E-state index contributed by atoms with van der Waals surface area (Å²) < 4.78 is 0. The van der Waals surface area contributed by atoms with Crippen molar-refractivity contribution in [3.63, 3.8) is 0 Å². The monoisotopic (exact) mass is 392 g/mol. The Morgan fingerprint density at radius 2 is 1.67 bits per heavy atom. The number of carbonyl (C=O) groups is 2. The Morgan fingerprint density at radius 1 is 1.04 bits per heavy atom. The molecule has 148 valence electrons. The van der Waals surface area contributed by atoms with Gasteiger partial charge in [-0.3, -0.25) is 9.69 Å². The molecule has 1 N–H and O–H groups in total. The zero-order chi connectivity index (χ0) is 19.4. The molecule has 3 amide bonds. The SMILES string of the molecule is CC1CC(C)CN(C(=O)CN2CCN(C(=O)Nc3ccccc3Cl)CC2)C1. The highest BCUT2D eigenvalue weighted by Gasteiger charge is 2.28. The second-order valence-corrected chi connectivity index (χ2v) is 8.33. The highest BCUT2D eigenvalue weighted by atomic mass is 35.5. The van der Waals surface area contributed by atoms with Crippen LogP contribution in [0.5, 0.6) is 0 Å². The number of nitrogens with one attached hydrogen (secondary N) is 1. The number of anilines is 1. The van der Waals surface area contributed by atoms with Crippen molar-refractivity contribution in [1.82, 2.24) is 14.7 Å². The van der Waals surface area contributed by atoms with Crippen LogP contribution in [0.15, 0.2) is 24.3 Å². The van der Waals surface area contributed by atoms with Crippen LogP contribution in [0.1, 0.15) is 20.3 Å². The number of hydrogen-bond acceptors (Lipinski definition) is 3. The van der Waals surface area contributed by atoms with Crippen LogP contribution in [-0.4, -0.2) is 72.5 Å². The molecule has 0 aromatic heterocycles. The van der Waals surface area contributed by atoms with Crippen LogP contribution in [0.25, 0.3) is 0 Å². The van der Waals surface area contributed by atoms with Crippen LogP contribution >= 0.6 is 11.6 Å². The van der Waals surface area contributed by atoms with Crippen molar-refractivity contribution in [2.45, 2.75) is 20.3 Å². The Balaban J connectivity index is 1.45. The molecular formula is C20H29ClN4O2. The van der Waals surface area contributed by atoms with E-state index in [0.29, 0.717) is 55.3 Å². The summed E-state index contributed by atoms with van der Waals surface area (Å²) >= 11 is 6.10. The highest BCUT2D eigenvalue weighted by molar-refractivity contribution is 6.33. The minimum absolute atomic E-state index is 0.146. The molecule has 0 radical (unpaired) electrons. The number of carbonyl (C=O) groups excluding carboxylic acids is 2. The lowest BCUT2D eigenvalue weighted by atomic mass is 9.92. The third-order valence-corrected chi connectivity index (χ3v) is 5.68. The van der Waals surface area contributed by atoms with E-state index in [4.69, 9.17) is 11.6 Å². The lowest BCUT2D eigenvalue weighted by molar-refractivity contribution is -0.135. The molecule has 0 bridgehead atoms. The molecule has 2 aliphatic rings. The lowest BCUT2D eigenvalue weighted by Gasteiger charge is -2.38. The molecule has 2 heterocycles. The molecule has 27 heavy (non-hydrogen) atoms. The zero-order valence-electron chi connectivity index (χ0n) is 16.2. The van der Waals surface area contributed by atoms with Gasteiger partial charge in [0.1, 0.15) is 0 Å². The van der Waals surface area contributed by atoms with Crippen molar-refractivity contribution >= 4 is 29.2 Å². The van der Waals surface area contributed by atoms with Gasteiger partial charge in [-0.1, -0.05) is 37.6 Å². The van der Waals surface area contributed by atoms with E-state index in [-0.39, 0.29) is 11.9 Å². The van der Waals surface area contributed by atoms with Crippen LogP contribution in [0, 0.1) is 11.8 Å². The molecule has 2 atom stereocenters. The van der Waals surface area contributed by atoms with E-state index in [2.05, 4.69) is 24.1 Å². The van der Waals surface area contributed by atoms with E-state index < -0.39 is 0 Å². The first-order valence-electron chi connectivity index (χ1n) is 9.73. The summed E-state index contributed by atoms with van der Waals surface area (Å²) in [6.07, 6.45) is 1.20. The van der Waals surface area contributed by atoms with Gasteiger partial charge in [-0.05, 0) is 30.4 Å². The van der Waals surface area contributed by atoms with Gasteiger partial charge in [0.25, 0.3) is 0 Å². The Kier molecular flexibility index (Phi) is 6.60. The van der Waals surface area contributed by atoms with Gasteiger partial charge >= 0.3 is 6.03 Å². The number of urea groups is 1. The van der Waals surface area contributed by atoms with Crippen molar-refractivity contribution in [3.8, 4) is 0 Å². The number of hydrogen-bond donors (Lipinski definition) is 1. The molecule has 0 saturated carbocycles. The summed E-state index contributed by atoms with van der Waals surface area (Å²) in [5, 5.41) is 3.39. The Hall–Kier alpha value is -1.79. The maximum absolute atomic E-state index is 12.6. The van der Waals surface area contributed by atoms with Crippen LogP contribution in [-0.2, 0) is 4.79 Å². The normalized spacial score (nSPS) is 24.0. The molecule has 7 heteroatoms. The Bertz CT molecular complexity index is 666. The van der Waals surface area contributed by atoms with Crippen molar-refractivity contribution in [1.29, 1.82) is 0 Å². The number of rotatable bonds is 3. The van der Waals surface area contributed by atoms with Gasteiger partial charge in [-0.2, -0.15) is 0 Å². The van der Waals surface area contributed by atoms with Gasteiger partial charge in [0.05, 0.1) is 17.3 Å². The average Bonchev–Trinajstić information content (AvgIpc) is 2.63. The summed E-state index contributed by atoms with van der Waals surface area (Å²) in [7, 11) is 0. The first-order valence-corrected chi connectivity index (χ1v) is 10.1. The second-order valence-electron chi connectivity index (χ2n) is 7.92. The minimum atomic E-state index is -0.146. The fourth-order valence-electron chi connectivity index (χ4n) is 4.02. The number of amides is 3. The number of nitrogens with zero attached hydrogens (tertiary/aromatic N) is 3. The quantitative estimate of drug-likeness (QED) is 0.860. The average molecular weight is 393 g/mol. The maximum Gasteiger partial charge on any atom is 0.321 e. The summed E-state index contributed by atoms with van der Waals surface area (Å²) in [5.41, 5.74) is 0.620. The van der Waals surface area contributed by atoms with Crippen molar-refractivity contribution in [2.75, 3.05) is 51.1 Å². The van der Waals surface area contributed by atoms with E-state index in [0.717, 1.165) is 13.1 Å². The van der Waals surface area contributed by atoms with E-state index in [1.54, 1.807) is 17.0 Å². The summed E-state index contributed by atoms with van der Waals surface area (Å²) in [5.74, 6) is 1.36. The second kappa shape index (κ2) is 8.93. The summed E-state index contributed by atoms with van der Waals surface area (Å²) in [6, 6.07) is 7.07. The van der Waals surface area contributed by atoms with Gasteiger partial charge in [0.2, 0.25) is 5.91 Å². The first kappa shape index (κ1) is 20.0. The molecule has 0 aliphatic carbocycles. The van der Waals surface area contributed by atoms with Crippen LogP contribution in [0.3, 0.4) is 0 Å². The third-order valence-electron chi connectivity index (χ3n) is 5.36. The van der Waals surface area contributed by atoms with Crippen LogP contribution in [0.4, 0.5) is 10.5 Å². The predicted molar refractivity (Wildman–Crippen MR) is 108 cm³/mol. The van der Waals surface area contributed by atoms with Crippen molar-refractivity contribution < 1.29 is 9.59 Å². The van der Waals surface area contributed by atoms with Crippen molar-refractivity contribution in [3.05, 3.63) is 29.3 Å². The number of piperazine rings is 1. The molecule has 0 spiro atoms. The van der Waals surface area contributed by atoms with Crippen LogP contribution in [0.2, 0.25) is 5.02 Å². The molecule has 2 saturated heterocycles. The largest absolute Gasteiger partial charge is 0.341 e. The Labute approximate surface area is 166 Å². The highest BCUT2D eigenvalue weighted by Crippen LogP contribution is 2.22.